The fraction of sp³-hybridized carbons (Fsp3) is 0.417. The molecule has 0 bridgehead atoms. The van der Waals surface area contributed by atoms with E-state index < -0.39 is 6.17 Å². The average molecular weight is 445 g/mol. The third-order valence-corrected chi connectivity index (χ3v) is 6.16. The van der Waals surface area contributed by atoms with E-state index in [4.69, 9.17) is 0 Å². The first-order valence-corrected chi connectivity index (χ1v) is 11.4. The van der Waals surface area contributed by atoms with Crippen LogP contribution < -0.4 is 5.32 Å². The number of aromatic nitrogens is 6. The monoisotopic (exact) mass is 444 g/mol. The number of rotatable bonds is 6. The van der Waals surface area contributed by atoms with E-state index in [9.17, 15) is 4.79 Å². The molecule has 2 aliphatic rings. The van der Waals surface area contributed by atoms with Crippen LogP contribution in [0.4, 0.5) is 0 Å². The maximum atomic E-state index is 13.1. The van der Waals surface area contributed by atoms with Crippen molar-refractivity contribution in [3.05, 3.63) is 54.5 Å². The van der Waals surface area contributed by atoms with Crippen molar-refractivity contribution >= 4 is 17.3 Å². The Bertz CT molecular complexity index is 1250. The van der Waals surface area contributed by atoms with Crippen LogP contribution in [-0.2, 0) is 0 Å². The van der Waals surface area contributed by atoms with Crippen molar-refractivity contribution in [2.75, 3.05) is 0 Å². The van der Waals surface area contributed by atoms with E-state index in [2.05, 4.69) is 54.2 Å². The van der Waals surface area contributed by atoms with Gasteiger partial charge in [-0.25, -0.2) is 9.97 Å². The zero-order valence-corrected chi connectivity index (χ0v) is 19.3. The van der Waals surface area contributed by atoms with Gasteiger partial charge in [-0.3, -0.25) is 9.79 Å². The molecule has 1 aliphatic heterocycles. The number of hydrogen-bond donors (Lipinski definition) is 1. The Morgan fingerprint density at radius 2 is 2.03 bits per heavy atom. The number of hydrogen-bond acceptors (Lipinski definition) is 6. The molecular weight excluding hydrogens is 416 g/mol. The number of carbonyl (C=O) groups excluding carboxylic acids is 1. The Hall–Kier alpha value is -3.62. The quantitative estimate of drug-likeness (QED) is 0.624. The van der Waals surface area contributed by atoms with E-state index in [1.807, 2.05) is 43.8 Å². The Kier molecular flexibility index (Phi) is 5.39. The van der Waals surface area contributed by atoms with Crippen LogP contribution in [-0.4, -0.2) is 47.1 Å². The van der Waals surface area contributed by atoms with Gasteiger partial charge in [0.1, 0.15) is 23.9 Å². The van der Waals surface area contributed by atoms with Crippen molar-refractivity contribution in [3.63, 3.8) is 0 Å². The fourth-order valence-corrected chi connectivity index (χ4v) is 4.11. The summed E-state index contributed by atoms with van der Waals surface area (Å²) in [4.78, 5) is 26.9. The summed E-state index contributed by atoms with van der Waals surface area (Å²) in [5.41, 5.74) is 4.00. The highest BCUT2D eigenvalue weighted by Gasteiger charge is 2.30. The highest BCUT2D eigenvalue weighted by atomic mass is 16.2. The molecule has 1 N–H and O–H groups in total. The molecule has 1 amide bonds. The minimum Gasteiger partial charge on any atom is -0.328 e. The second kappa shape index (κ2) is 8.38. The van der Waals surface area contributed by atoms with E-state index >= 15 is 0 Å². The van der Waals surface area contributed by atoms with Crippen molar-refractivity contribution in [3.8, 4) is 11.5 Å². The predicted octanol–water partition coefficient (Wildman–Crippen LogP) is 3.70. The van der Waals surface area contributed by atoms with Gasteiger partial charge in [-0.2, -0.15) is 0 Å². The van der Waals surface area contributed by atoms with Gasteiger partial charge in [0, 0.05) is 35.5 Å². The number of aliphatic imine (C=N–C) groups is 1. The van der Waals surface area contributed by atoms with Gasteiger partial charge >= 0.3 is 0 Å². The van der Waals surface area contributed by atoms with Gasteiger partial charge in [-0.1, -0.05) is 13.0 Å². The lowest BCUT2D eigenvalue weighted by Crippen LogP contribution is -2.41. The van der Waals surface area contributed by atoms with Gasteiger partial charge in [-0.05, 0) is 51.8 Å². The lowest BCUT2D eigenvalue weighted by Gasteiger charge is -2.28. The molecule has 0 saturated heterocycles. The largest absolute Gasteiger partial charge is 0.328 e. The first-order chi connectivity index (χ1) is 15.9. The highest BCUT2D eigenvalue weighted by Crippen LogP contribution is 2.39. The summed E-state index contributed by atoms with van der Waals surface area (Å²) in [7, 11) is 0. The molecule has 2 unspecified atom stereocenters. The lowest BCUT2D eigenvalue weighted by molar-refractivity contribution is 0.0926. The van der Waals surface area contributed by atoms with Crippen LogP contribution in [0, 0.1) is 5.92 Å². The zero-order chi connectivity index (χ0) is 23.1. The molecule has 3 aromatic rings. The van der Waals surface area contributed by atoms with Gasteiger partial charge < -0.3 is 14.5 Å². The minimum absolute atomic E-state index is 0.0221. The molecule has 1 saturated carbocycles. The molecule has 0 radical (unpaired) electrons. The Labute approximate surface area is 192 Å². The van der Waals surface area contributed by atoms with E-state index in [1.165, 1.54) is 12.8 Å². The van der Waals surface area contributed by atoms with Gasteiger partial charge in [0.2, 0.25) is 0 Å². The fourth-order valence-electron chi connectivity index (χ4n) is 4.11. The van der Waals surface area contributed by atoms with Crippen molar-refractivity contribution in [1.29, 1.82) is 0 Å². The number of nitrogens with one attached hydrogen (secondary N) is 1. The summed E-state index contributed by atoms with van der Waals surface area (Å²) in [5, 5.41) is 11.2. The maximum Gasteiger partial charge on any atom is 0.271 e. The van der Waals surface area contributed by atoms with Gasteiger partial charge in [0.15, 0.2) is 5.82 Å². The molecule has 33 heavy (non-hydrogen) atoms. The van der Waals surface area contributed by atoms with E-state index in [1.54, 1.807) is 12.4 Å². The lowest BCUT2D eigenvalue weighted by atomic mass is 9.99. The first kappa shape index (κ1) is 21.2. The molecule has 9 nitrogen and oxygen atoms in total. The third kappa shape index (κ3) is 4.22. The van der Waals surface area contributed by atoms with Crippen molar-refractivity contribution < 1.29 is 4.79 Å². The number of nitrogens with zero attached hydrogens (tertiary/aromatic N) is 7. The summed E-state index contributed by atoms with van der Waals surface area (Å²) in [5.74, 6) is 0.935. The van der Waals surface area contributed by atoms with Gasteiger partial charge in [0.25, 0.3) is 5.91 Å². The Balaban J connectivity index is 1.35. The van der Waals surface area contributed by atoms with Crippen LogP contribution in [0.3, 0.4) is 0 Å². The molecule has 2 atom stereocenters. The Morgan fingerprint density at radius 3 is 2.79 bits per heavy atom. The summed E-state index contributed by atoms with van der Waals surface area (Å²) < 4.78 is 3.99. The maximum absolute atomic E-state index is 13.1. The Morgan fingerprint density at radius 1 is 1.21 bits per heavy atom. The average Bonchev–Trinajstić information content (AvgIpc) is 3.32. The van der Waals surface area contributed by atoms with Crippen LogP contribution in [0.1, 0.15) is 68.7 Å². The SMILES string of the molecule is CC1=NC(NC(=O)c2cccc(-c3nncn3C(C)C)n2)C(C)C(n2cnc(C3CC3)c2)=C1. The second-order valence-electron chi connectivity index (χ2n) is 9.09. The minimum atomic E-state index is -0.394. The smallest absolute Gasteiger partial charge is 0.271 e. The summed E-state index contributed by atoms with van der Waals surface area (Å²) in [6.07, 6.45) is 9.73. The molecule has 0 spiro atoms. The van der Waals surface area contributed by atoms with E-state index in [0.717, 1.165) is 17.1 Å². The molecule has 1 fully saturated rings. The second-order valence-corrected chi connectivity index (χ2v) is 9.09. The molecule has 5 rings (SSSR count). The number of imidazole rings is 1. The number of pyridine rings is 1. The van der Waals surface area contributed by atoms with E-state index in [-0.39, 0.29) is 17.9 Å². The molecule has 1 aliphatic carbocycles. The summed E-state index contributed by atoms with van der Waals surface area (Å²) in [6.45, 7) is 8.11. The van der Waals surface area contributed by atoms with Gasteiger partial charge in [0.05, 0.1) is 12.0 Å². The molecular formula is C24H28N8O. The first-order valence-electron chi connectivity index (χ1n) is 11.4. The van der Waals surface area contributed by atoms with Crippen LogP contribution in [0.5, 0.6) is 0 Å². The van der Waals surface area contributed by atoms with Crippen molar-refractivity contribution in [2.45, 2.75) is 58.7 Å². The standard InChI is InChI=1S/C24H28N8O/c1-14(2)32-13-26-30-23(32)18-6-5-7-19(28-18)24(33)29-22-16(4)21(10-15(3)27-22)31-11-20(25-12-31)17-8-9-17/h5-7,10-14,16-17,22H,8-9H2,1-4H3,(H,29,33). The number of carbonyl (C=O) groups is 1. The number of allylic oxidation sites excluding steroid dienone is 1. The summed E-state index contributed by atoms with van der Waals surface area (Å²) >= 11 is 0. The van der Waals surface area contributed by atoms with Crippen LogP contribution in [0.25, 0.3) is 17.2 Å². The van der Waals surface area contributed by atoms with Crippen LogP contribution >= 0.6 is 0 Å². The van der Waals surface area contributed by atoms with Crippen LogP contribution in [0.15, 0.2) is 48.1 Å². The third-order valence-electron chi connectivity index (χ3n) is 6.16. The topological polar surface area (TPSA) is 103 Å². The number of amides is 1. The summed E-state index contributed by atoms with van der Waals surface area (Å²) in [6, 6.07) is 5.53. The number of dihydropyridines is 1. The molecule has 3 aromatic heterocycles. The molecule has 9 heteroatoms. The molecule has 170 valence electrons. The van der Waals surface area contributed by atoms with E-state index in [0.29, 0.717) is 23.1 Å². The molecule has 0 aromatic carbocycles. The zero-order valence-electron chi connectivity index (χ0n) is 19.3. The van der Waals surface area contributed by atoms with Crippen molar-refractivity contribution in [1.82, 2.24) is 34.6 Å². The highest BCUT2D eigenvalue weighted by molar-refractivity contribution is 5.99. The molecule has 4 heterocycles. The normalized spacial score (nSPS) is 20.5. The predicted molar refractivity (Wildman–Crippen MR) is 126 cm³/mol. The van der Waals surface area contributed by atoms with Gasteiger partial charge in [-0.15, -0.1) is 10.2 Å². The van der Waals surface area contributed by atoms with Crippen LogP contribution in [0.2, 0.25) is 0 Å². The van der Waals surface area contributed by atoms with Crippen molar-refractivity contribution in [2.24, 2.45) is 10.9 Å².